The van der Waals surface area contributed by atoms with Crippen molar-refractivity contribution in [3.05, 3.63) is 23.8 Å². The van der Waals surface area contributed by atoms with E-state index in [0.717, 1.165) is 29.9 Å². The largest absolute Gasteiger partial charge is 0.454 e. The van der Waals surface area contributed by atoms with Gasteiger partial charge in [-0.25, -0.2) is 0 Å². The summed E-state index contributed by atoms with van der Waals surface area (Å²) in [4.78, 5) is 0. The Morgan fingerprint density at radius 2 is 2.05 bits per heavy atom. The van der Waals surface area contributed by atoms with Crippen LogP contribution in [0.15, 0.2) is 18.2 Å². The van der Waals surface area contributed by atoms with Gasteiger partial charge in [0.05, 0.1) is 0 Å². The number of nitrogens with one attached hydrogen (secondary N) is 1. The first-order chi connectivity index (χ1) is 9.72. The maximum absolute atomic E-state index is 5.43. The van der Waals surface area contributed by atoms with Crippen LogP contribution in [0.5, 0.6) is 11.5 Å². The van der Waals surface area contributed by atoms with Gasteiger partial charge in [-0.1, -0.05) is 32.8 Å². The lowest BCUT2D eigenvalue weighted by molar-refractivity contribution is 0.174. The van der Waals surface area contributed by atoms with Crippen molar-refractivity contribution in [3.63, 3.8) is 0 Å². The fourth-order valence-corrected chi connectivity index (χ4v) is 3.33. The molecule has 2 aliphatic rings. The second kappa shape index (κ2) is 6.04. The van der Waals surface area contributed by atoms with E-state index in [9.17, 15) is 0 Å². The molecule has 3 heteroatoms. The summed E-state index contributed by atoms with van der Waals surface area (Å²) < 4.78 is 10.8. The zero-order chi connectivity index (χ0) is 13.9. The number of rotatable bonds is 4. The highest BCUT2D eigenvalue weighted by Crippen LogP contribution is 2.33. The summed E-state index contributed by atoms with van der Waals surface area (Å²) >= 11 is 0. The third-order valence-electron chi connectivity index (χ3n) is 4.69. The molecular formula is C17H25NO2. The molecule has 1 N–H and O–H groups in total. The molecule has 1 saturated carbocycles. The zero-order valence-corrected chi connectivity index (χ0v) is 12.5. The molecule has 3 rings (SSSR count). The minimum atomic E-state index is 0.352. The van der Waals surface area contributed by atoms with E-state index in [4.69, 9.17) is 9.47 Å². The molecule has 0 spiro atoms. The van der Waals surface area contributed by atoms with Crippen molar-refractivity contribution < 1.29 is 9.47 Å². The normalized spacial score (nSPS) is 25.1. The molecular weight excluding hydrogens is 250 g/mol. The van der Waals surface area contributed by atoms with Crippen LogP contribution < -0.4 is 14.8 Å². The number of benzene rings is 1. The van der Waals surface area contributed by atoms with Crippen LogP contribution in [-0.2, 0) is 6.54 Å². The number of ether oxygens (including phenoxy) is 2. The Bertz CT molecular complexity index is 458. The quantitative estimate of drug-likeness (QED) is 0.908. The van der Waals surface area contributed by atoms with E-state index in [1.807, 2.05) is 6.07 Å². The van der Waals surface area contributed by atoms with Crippen LogP contribution in [0.3, 0.4) is 0 Å². The SMILES string of the molecule is CC(C)C1CCCC(NCc2ccc3c(c2)OCO3)C1. The van der Waals surface area contributed by atoms with E-state index in [1.54, 1.807) is 0 Å². The Morgan fingerprint density at radius 1 is 1.20 bits per heavy atom. The summed E-state index contributed by atoms with van der Waals surface area (Å²) in [5.74, 6) is 3.45. The Labute approximate surface area is 121 Å². The van der Waals surface area contributed by atoms with Gasteiger partial charge < -0.3 is 14.8 Å². The fourth-order valence-electron chi connectivity index (χ4n) is 3.33. The zero-order valence-electron chi connectivity index (χ0n) is 12.5. The molecule has 1 heterocycles. The molecule has 1 fully saturated rings. The van der Waals surface area contributed by atoms with Crippen LogP contribution in [0, 0.1) is 11.8 Å². The van der Waals surface area contributed by atoms with Crippen LogP contribution in [0.25, 0.3) is 0 Å². The maximum Gasteiger partial charge on any atom is 0.231 e. The van der Waals surface area contributed by atoms with Gasteiger partial charge in [-0.05, 0) is 42.4 Å². The van der Waals surface area contributed by atoms with Crippen LogP contribution >= 0.6 is 0 Å². The molecule has 0 bridgehead atoms. The van der Waals surface area contributed by atoms with Gasteiger partial charge in [-0.2, -0.15) is 0 Å². The van der Waals surface area contributed by atoms with Crippen LogP contribution in [0.2, 0.25) is 0 Å². The number of hydrogen-bond acceptors (Lipinski definition) is 3. The second-order valence-electron chi connectivity index (χ2n) is 6.44. The van der Waals surface area contributed by atoms with Gasteiger partial charge in [0.2, 0.25) is 6.79 Å². The summed E-state index contributed by atoms with van der Waals surface area (Å²) in [5.41, 5.74) is 1.28. The van der Waals surface area contributed by atoms with Gasteiger partial charge in [-0.15, -0.1) is 0 Å². The van der Waals surface area contributed by atoms with E-state index >= 15 is 0 Å². The lowest BCUT2D eigenvalue weighted by Gasteiger charge is -2.32. The summed E-state index contributed by atoms with van der Waals surface area (Å²) in [7, 11) is 0. The molecule has 2 atom stereocenters. The second-order valence-corrected chi connectivity index (χ2v) is 6.44. The van der Waals surface area contributed by atoms with Gasteiger partial charge in [0, 0.05) is 12.6 Å². The first kappa shape index (κ1) is 13.7. The standard InChI is InChI=1S/C17H25NO2/c1-12(2)14-4-3-5-15(9-14)18-10-13-6-7-16-17(8-13)20-11-19-16/h6-8,12,14-15,18H,3-5,9-11H2,1-2H3. The Kier molecular flexibility index (Phi) is 4.16. The van der Waals surface area contributed by atoms with Gasteiger partial charge in [-0.3, -0.25) is 0 Å². The number of fused-ring (bicyclic) bond motifs is 1. The molecule has 110 valence electrons. The van der Waals surface area contributed by atoms with E-state index in [-0.39, 0.29) is 0 Å². The fraction of sp³-hybridized carbons (Fsp3) is 0.647. The predicted octanol–water partition coefficient (Wildman–Crippen LogP) is 3.72. The smallest absolute Gasteiger partial charge is 0.231 e. The van der Waals surface area contributed by atoms with Crippen LogP contribution in [0.1, 0.15) is 45.1 Å². The molecule has 0 amide bonds. The molecule has 2 unspecified atom stereocenters. The molecule has 20 heavy (non-hydrogen) atoms. The first-order valence-electron chi connectivity index (χ1n) is 7.84. The Hall–Kier alpha value is -1.22. The molecule has 1 aliphatic carbocycles. The van der Waals surface area contributed by atoms with E-state index in [0.29, 0.717) is 12.8 Å². The lowest BCUT2D eigenvalue weighted by atomic mass is 9.79. The number of hydrogen-bond donors (Lipinski definition) is 1. The Balaban J connectivity index is 1.54. The predicted molar refractivity (Wildman–Crippen MR) is 80.0 cm³/mol. The minimum Gasteiger partial charge on any atom is -0.454 e. The van der Waals surface area contributed by atoms with Crippen molar-refractivity contribution in [2.24, 2.45) is 11.8 Å². The monoisotopic (exact) mass is 275 g/mol. The van der Waals surface area contributed by atoms with Crippen molar-refractivity contribution in [1.29, 1.82) is 0 Å². The highest BCUT2D eigenvalue weighted by molar-refractivity contribution is 5.44. The van der Waals surface area contributed by atoms with E-state index < -0.39 is 0 Å². The van der Waals surface area contributed by atoms with Crippen molar-refractivity contribution in [2.75, 3.05) is 6.79 Å². The van der Waals surface area contributed by atoms with E-state index in [2.05, 4.69) is 31.3 Å². The van der Waals surface area contributed by atoms with E-state index in [1.165, 1.54) is 31.2 Å². The molecule has 1 aromatic carbocycles. The summed E-state index contributed by atoms with van der Waals surface area (Å²) in [6, 6.07) is 6.90. The van der Waals surface area contributed by atoms with Gasteiger partial charge in [0.25, 0.3) is 0 Å². The van der Waals surface area contributed by atoms with Gasteiger partial charge >= 0.3 is 0 Å². The Morgan fingerprint density at radius 3 is 2.90 bits per heavy atom. The molecule has 1 aromatic rings. The topological polar surface area (TPSA) is 30.5 Å². The van der Waals surface area contributed by atoms with Crippen LogP contribution in [-0.4, -0.2) is 12.8 Å². The molecule has 3 nitrogen and oxygen atoms in total. The highest BCUT2D eigenvalue weighted by atomic mass is 16.7. The highest BCUT2D eigenvalue weighted by Gasteiger charge is 2.23. The van der Waals surface area contributed by atoms with Gasteiger partial charge in [0.15, 0.2) is 11.5 Å². The average Bonchev–Trinajstić information content (AvgIpc) is 2.93. The summed E-state index contributed by atoms with van der Waals surface area (Å²) in [6.45, 7) is 5.98. The molecule has 0 saturated heterocycles. The molecule has 0 radical (unpaired) electrons. The maximum atomic E-state index is 5.43. The summed E-state index contributed by atoms with van der Waals surface area (Å²) in [5, 5.41) is 3.72. The van der Waals surface area contributed by atoms with Crippen molar-refractivity contribution in [1.82, 2.24) is 5.32 Å². The summed E-state index contributed by atoms with van der Waals surface area (Å²) in [6.07, 6.45) is 5.40. The third kappa shape index (κ3) is 3.09. The van der Waals surface area contributed by atoms with Crippen molar-refractivity contribution >= 4 is 0 Å². The van der Waals surface area contributed by atoms with Crippen molar-refractivity contribution in [2.45, 2.75) is 52.1 Å². The van der Waals surface area contributed by atoms with Crippen LogP contribution in [0.4, 0.5) is 0 Å². The van der Waals surface area contributed by atoms with Gasteiger partial charge in [0.1, 0.15) is 0 Å². The third-order valence-corrected chi connectivity index (χ3v) is 4.69. The molecule has 1 aliphatic heterocycles. The van der Waals surface area contributed by atoms with Crippen molar-refractivity contribution in [3.8, 4) is 11.5 Å². The first-order valence-corrected chi connectivity index (χ1v) is 7.84. The molecule has 0 aromatic heterocycles. The average molecular weight is 275 g/mol. The minimum absolute atomic E-state index is 0.352. The lowest BCUT2D eigenvalue weighted by Crippen LogP contribution is -2.35.